The highest BCUT2D eigenvalue weighted by Crippen LogP contribution is 2.55. The predicted molar refractivity (Wildman–Crippen MR) is 83.8 cm³/mol. The Morgan fingerprint density at radius 2 is 1.71 bits per heavy atom. The topological polar surface area (TPSA) is 52.4 Å². The molecule has 2 aromatic carbocycles. The van der Waals surface area contributed by atoms with Crippen LogP contribution in [-0.2, 0) is 0 Å². The second kappa shape index (κ2) is 5.41. The second-order valence-corrected chi connectivity index (χ2v) is 6.68. The van der Waals surface area contributed by atoms with Gasteiger partial charge in [-0.2, -0.15) is 0 Å². The molecule has 4 nitrogen and oxygen atoms in total. The van der Waals surface area contributed by atoms with Gasteiger partial charge in [0.2, 0.25) is 0 Å². The number of nitrogens with zero attached hydrogens (tertiary/aromatic N) is 1. The van der Waals surface area contributed by atoms with Gasteiger partial charge in [-0.3, -0.25) is 10.1 Å². The fraction of sp³-hybridized carbons (Fsp3) is 0. The Balaban J connectivity index is 2.19. The van der Waals surface area contributed by atoms with Crippen molar-refractivity contribution in [1.82, 2.24) is 0 Å². The van der Waals surface area contributed by atoms with Gasteiger partial charge in [-0.1, -0.05) is 58.2 Å². The molecule has 0 radical (unpaired) electrons. The normalized spacial score (nSPS) is 12.4. The molecule has 0 aromatic heterocycles. The van der Waals surface area contributed by atoms with Gasteiger partial charge in [-0.05, 0) is 6.07 Å². The number of fused-ring (bicyclic) bond motifs is 2. The number of nitro groups is 1. The fourth-order valence-corrected chi connectivity index (χ4v) is 3.82. The van der Waals surface area contributed by atoms with Crippen LogP contribution in [0.5, 0.6) is 11.5 Å². The van der Waals surface area contributed by atoms with E-state index in [-0.39, 0.29) is 21.5 Å². The van der Waals surface area contributed by atoms with E-state index in [9.17, 15) is 10.1 Å². The number of hydrogen-bond acceptors (Lipinski definition) is 4. The molecule has 1 aliphatic rings. The van der Waals surface area contributed by atoms with Gasteiger partial charge >= 0.3 is 0 Å². The van der Waals surface area contributed by atoms with Gasteiger partial charge in [0.15, 0.2) is 5.75 Å². The first kappa shape index (κ1) is 15.1. The Morgan fingerprint density at radius 3 is 2.38 bits per heavy atom. The molecular weight excluding hydrogens is 380 g/mol. The van der Waals surface area contributed by atoms with Gasteiger partial charge in [0.05, 0.1) is 29.8 Å². The van der Waals surface area contributed by atoms with Crippen molar-refractivity contribution >= 4 is 63.9 Å². The van der Waals surface area contributed by atoms with Crippen LogP contribution in [0.4, 0.5) is 5.69 Å². The predicted octanol–water partition coefficient (Wildman–Crippen LogP) is 6.47. The SMILES string of the molecule is O=[N+]([O-])c1cc(Cl)c2c(c1Cl)Sc1cc(Cl)c(Cl)cc1O2. The highest BCUT2D eigenvalue weighted by atomic mass is 35.5. The van der Waals surface area contributed by atoms with E-state index in [1.54, 1.807) is 12.1 Å². The highest BCUT2D eigenvalue weighted by molar-refractivity contribution is 7.99. The Kier molecular flexibility index (Phi) is 3.88. The first-order valence-electron chi connectivity index (χ1n) is 5.39. The maximum atomic E-state index is 11.0. The third-order valence-corrected chi connectivity index (χ3v) is 5.35. The molecule has 0 unspecified atom stereocenters. The fourth-order valence-electron chi connectivity index (χ4n) is 1.78. The Labute approximate surface area is 143 Å². The molecule has 0 saturated heterocycles. The minimum Gasteiger partial charge on any atom is -0.453 e. The van der Waals surface area contributed by atoms with E-state index in [4.69, 9.17) is 51.1 Å². The molecule has 1 aliphatic heterocycles. The van der Waals surface area contributed by atoms with Crippen LogP contribution in [0.2, 0.25) is 20.1 Å². The van der Waals surface area contributed by atoms with Gasteiger partial charge in [-0.25, -0.2) is 0 Å². The van der Waals surface area contributed by atoms with Crippen LogP contribution in [0.1, 0.15) is 0 Å². The van der Waals surface area contributed by atoms with Crippen molar-refractivity contribution < 1.29 is 9.66 Å². The zero-order valence-electron chi connectivity index (χ0n) is 9.82. The number of hydrogen-bond donors (Lipinski definition) is 0. The van der Waals surface area contributed by atoms with Gasteiger partial charge in [-0.15, -0.1) is 0 Å². The van der Waals surface area contributed by atoms with E-state index in [0.717, 1.165) is 6.07 Å². The van der Waals surface area contributed by atoms with Crippen molar-refractivity contribution in [2.45, 2.75) is 9.79 Å². The molecule has 3 rings (SSSR count). The average Bonchev–Trinajstić information content (AvgIpc) is 2.42. The first-order chi connectivity index (χ1) is 9.88. The molecule has 9 heteroatoms. The standard InChI is InChI=1S/C12H3Cl4NO3S/c13-4-2-8-9(3-5(4)14)21-12-10(16)7(17(18)19)1-6(15)11(12)20-8/h1-3H. The van der Waals surface area contributed by atoms with Crippen molar-refractivity contribution in [3.05, 3.63) is 48.4 Å². The minimum absolute atomic E-state index is 0.0267. The Bertz CT molecular complexity index is 797. The summed E-state index contributed by atoms with van der Waals surface area (Å²) in [5.74, 6) is 0.733. The lowest BCUT2D eigenvalue weighted by atomic mass is 10.3. The van der Waals surface area contributed by atoms with Crippen LogP contribution < -0.4 is 4.74 Å². The Hall–Kier alpha value is -0.850. The Morgan fingerprint density at radius 1 is 1.05 bits per heavy atom. The quantitative estimate of drug-likeness (QED) is 0.357. The number of halogens is 4. The van der Waals surface area contributed by atoms with Gasteiger partial charge in [0.1, 0.15) is 10.8 Å². The van der Waals surface area contributed by atoms with Crippen LogP contribution >= 0.6 is 58.2 Å². The number of benzene rings is 2. The van der Waals surface area contributed by atoms with Crippen LogP contribution in [0.25, 0.3) is 0 Å². The van der Waals surface area contributed by atoms with Crippen LogP contribution in [-0.4, -0.2) is 4.92 Å². The summed E-state index contributed by atoms with van der Waals surface area (Å²) < 4.78 is 5.66. The minimum atomic E-state index is -0.598. The van der Waals surface area contributed by atoms with E-state index >= 15 is 0 Å². The summed E-state index contributed by atoms with van der Waals surface area (Å²) in [6, 6.07) is 4.32. The van der Waals surface area contributed by atoms with Gasteiger partial charge in [0, 0.05) is 12.1 Å². The summed E-state index contributed by atoms with van der Waals surface area (Å²) in [5, 5.41) is 11.7. The molecule has 0 atom stereocenters. The zero-order valence-corrected chi connectivity index (χ0v) is 13.7. The monoisotopic (exact) mass is 381 g/mol. The van der Waals surface area contributed by atoms with Crippen LogP contribution in [0.3, 0.4) is 0 Å². The smallest absolute Gasteiger partial charge is 0.290 e. The maximum absolute atomic E-state index is 11.0. The molecule has 0 aliphatic carbocycles. The molecule has 108 valence electrons. The lowest BCUT2D eigenvalue weighted by Crippen LogP contribution is -1.99. The van der Waals surface area contributed by atoms with Gasteiger partial charge < -0.3 is 4.74 Å². The highest BCUT2D eigenvalue weighted by Gasteiger charge is 2.29. The van der Waals surface area contributed by atoms with E-state index in [0.29, 0.717) is 25.6 Å². The molecule has 1 heterocycles. The van der Waals surface area contributed by atoms with Gasteiger partial charge in [0.25, 0.3) is 5.69 Å². The third kappa shape index (κ3) is 2.53. The van der Waals surface area contributed by atoms with Crippen molar-refractivity contribution in [2.24, 2.45) is 0 Å². The van der Waals surface area contributed by atoms with Crippen LogP contribution in [0.15, 0.2) is 28.0 Å². The number of rotatable bonds is 1. The molecule has 0 N–H and O–H groups in total. The van der Waals surface area contributed by atoms with E-state index in [1.807, 2.05) is 0 Å². The molecule has 0 fully saturated rings. The van der Waals surface area contributed by atoms with Crippen molar-refractivity contribution in [3.8, 4) is 11.5 Å². The lowest BCUT2D eigenvalue weighted by Gasteiger charge is -2.21. The molecule has 21 heavy (non-hydrogen) atoms. The van der Waals surface area contributed by atoms with E-state index < -0.39 is 4.92 Å². The van der Waals surface area contributed by atoms with E-state index in [2.05, 4.69) is 0 Å². The molecule has 0 amide bonds. The average molecular weight is 383 g/mol. The zero-order chi connectivity index (χ0) is 15.3. The maximum Gasteiger partial charge on any atom is 0.290 e. The summed E-state index contributed by atoms with van der Waals surface area (Å²) in [6.07, 6.45) is 0. The van der Waals surface area contributed by atoms with Crippen molar-refractivity contribution in [1.29, 1.82) is 0 Å². The summed E-state index contributed by atoms with van der Waals surface area (Å²) in [7, 11) is 0. The molecule has 0 spiro atoms. The summed E-state index contributed by atoms with van der Waals surface area (Å²) in [6.45, 7) is 0. The van der Waals surface area contributed by atoms with Crippen molar-refractivity contribution in [2.75, 3.05) is 0 Å². The molecular formula is C12H3Cl4NO3S. The summed E-state index contributed by atoms with van der Waals surface area (Å²) in [5.41, 5.74) is -0.278. The summed E-state index contributed by atoms with van der Waals surface area (Å²) >= 11 is 25.2. The molecule has 2 aromatic rings. The third-order valence-electron chi connectivity index (χ3n) is 2.72. The van der Waals surface area contributed by atoms with E-state index in [1.165, 1.54) is 11.8 Å². The number of nitro benzene ring substituents is 1. The molecule has 0 saturated carbocycles. The largest absolute Gasteiger partial charge is 0.453 e. The van der Waals surface area contributed by atoms with Crippen molar-refractivity contribution in [3.63, 3.8) is 0 Å². The molecule has 0 bridgehead atoms. The van der Waals surface area contributed by atoms with Crippen LogP contribution in [0, 0.1) is 10.1 Å². The first-order valence-corrected chi connectivity index (χ1v) is 7.72. The summed E-state index contributed by atoms with van der Waals surface area (Å²) in [4.78, 5) is 11.4. The number of ether oxygens (including phenoxy) is 1. The second-order valence-electron chi connectivity index (χ2n) is 4.02. The lowest BCUT2D eigenvalue weighted by molar-refractivity contribution is -0.384.